The molecule has 0 saturated heterocycles. The molecule has 0 amide bonds. The van der Waals surface area contributed by atoms with Gasteiger partial charge in [0.05, 0.1) is 5.41 Å². The predicted octanol–water partition coefficient (Wildman–Crippen LogP) is 26.5. The van der Waals surface area contributed by atoms with Crippen LogP contribution < -0.4 is 0 Å². The molecule has 0 aromatic heterocycles. The Morgan fingerprint density at radius 2 is 0.736 bits per heavy atom. The molecule has 2 unspecified atom stereocenters. The second-order valence-electron chi connectivity index (χ2n) is 29.3. The fourth-order valence-corrected chi connectivity index (χ4v) is 15.8. The van der Waals surface area contributed by atoms with Gasteiger partial charge in [-0.2, -0.15) is 0 Å². The summed E-state index contributed by atoms with van der Waals surface area (Å²) in [5, 5.41) is 8.80. The van der Waals surface area contributed by atoms with Crippen LogP contribution in [0, 0.1) is 37.5 Å². The van der Waals surface area contributed by atoms with Crippen molar-refractivity contribution in [1.29, 1.82) is 0 Å². The fraction of sp³-hybridized carbons (Fsp3) is 0.540. The number of rotatable bonds is 37. The molecule has 0 aliphatic heterocycles. The molecule has 0 radical (unpaired) electrons. The molecule has 466 valence electrons. The summed E-state index contributed by atoms with van der Waals surface area (Å²) in [7, 11) is 0. The van der Waals surface area contributed by atoms with E-state index in [-0.39, 0.29) is 0 Å². The molecular weight excluding hydrogens is 1040 g/mol. The van der Waals surface area contributed by atoms with E-state index in [1.54, 1.807) is 5.56 Å². The van der Waals surface area contributed by atoms with Crippen LogP contribution in [0.5, 0.6) is 0 Å². The number of hydrogen-bond donors (Lipinski definition) is 0. The van der Waals surface area contributed by atoms with E-state index < -0.39 is 5.41 Å². The second-order valence-corrected chi connectivity index (χ2v) is 29.3. The van der Waals surface area contributed by atoms with E-state index in [9.17, 15) is 0 Å². The first-order chi connectivity index (χ1) is 42.3. The minimum atomic E-state index is -0.502. The van der Waals surface area contributed by atoms with Crippen molar-refractivity contribution < 1.29 is 0 Å². The average Bonchev–Trinajstić information content (AvgIpc) is 1.64. The van der Waals surface area contributed by atoms with Gasteiger partial charge in [-0.15, -0.1) is 0 Å². The fourth-order valence-electron chi connectivity index (χ4n) is 15.8. The van der Waals surface area contributed by atoms with E-state index in [1.807, 2.05) is 0 Å². The van der Waals surface area contributed by atoms with Crippen molar-refractivity contribution in [2.75, 3.05) is 0 Å². The summed E-state index contributed by atoms with van der Waals surface area (Å²) in [6.07, 6.45) is 37.7. The summed E-state index contributed by atoms with van der Waals surface area (Å²) in [6, 6.07) is 47.1. The summed E-state index contributed by atoms with van der Waals surface area (Å²) in [5.74, 6) is 2.94. The third-order valence-corrected chi connectivity index (χ3v) is 20.9. The minimum absolute atomic E-state index is 0.502. The van der Waals surface area contributed by atoms with Gasteiger partial charge >= 0.3 is 0 Å². The maximum atomic E-state index is 2.76. The van der Waals surface area contributed by atoms with Crippen LogP contribution in [0.25, 0.3) is 54.6 Å². The SMILES string of the molecule is CCCCCCc1cc(CCCCCC)cc(C2(c3cc(CCCCCC)cc(CCCCCC)c3)c3cc(C)ccc3-c3ccc(-c4cc(CCC(C)CCCC(C)C)c5ccc6c(C)cc(CCC(C)CCCC(C)C)c7ccc4c5c67)cc32)c1. The Hall–Kier alpha value is -5.20. The average molecular weight is 1160 g/mol. The van der Waals surface area contributed by atoms with Crippen LogP contribution in [-0.4, -0.2) is 0 Å². The summed E-state index contributed by atoms with van der Waals surface area (Å²) in [5.41, 5.74) is 23.0. The van der Waals surface area contributed by atoms with Crippen LogP contribution >= 0.6 is 0 Å². The standard InChI is InChI=1S/C87H118/c1-13-17-21-25-35-67-53-68(36-26-22-18-14-2)56-74(55-67)87(75-57-69(37-27-23-19-15-3)54-70(58-75)38-28-24-20-16-4)83-51-65(11)41-45-79(83)80-46-44-73(60-84(80)87)82-59-72(43-40-64(10)34-30-32-62(7)8)78-48-47-76-66(12)52-71(42-39-63(9)33-29-31-61(5)6)77-49-50-81(82)86(78)85(76)77/h41,44-64H,13-40,42-43H2,1-12H3. The molecule has 0 bridgehead atoms. The summed E-state index contributed by atoms with van der Waals surface area (Å²) < 4.78 is 0. The predicted molar refractivity (Wildman–Crippen MR) is 386 cm³/mol. The topological polar surface area (TPSA) is 0 Å². The Morgan fingerprint density at radius 3 is 1.20 bits per heavy atom. The van der Waals surface area contributed by atoms with Crippen molar-refractivity contribution in [2.45, 2.75) is 281 Å². The number of benzene rings is 8. The van der Waals surface area contributed by atoms with Gasteiger partial charge in [-0.3, -0.25) is 0 Å². The monoisotopic (exact) mass is 1160 g/mol. The molecule has 0 N–H and O–H groups in total. The Bertz CT molecular complexity index is 3310. The van der Waals surface area contributed by atoms with Gasteiger partial charge in [0.15, 0.2) is 0 Å². The van der Waals surface area contributed by atoms with Crippen LogP contribution in [0.15, 0.2) is 109 Å². The van der Waals surface area contributed by atoms with Gasteiger partial charge in [0, 0.05) is 0 Å². The highest BCUT2D eigenvalue weighted by atomic mass is 14.5. The molecule has 2 atom stereocenters. The molecule has 8 aromatic carbocycles. The molecule has 1 aliphatic carbocycles. The molecule has 0 heterocycles. The van der Waals surface area contributed by atoms with Crippen LogP contribution in [-0.2, 0) is 43.9 Å². The second kappa shape index (κ2) is 32.0. The molecule has 1 aliphatic rings. The molecule has 9 rings (SSSR count). The molecule has 0 saturated carbocycles. The molecule has 87 heavy (non-hydrogen) atoms. The largest absolute Gasteiger partial charge is 0.0714 e. The van der Waals surface area contributed by atoms with Gasteiger partial charge in [0.1, 0.15) is 0 Å². The molecule has 8 aromatic rings. The van der Waals surface area contributed by atoms with E-state index in [4.69, 9.17) is 0 Å². The maximum absolute atomic E-state index is 2.76. The third-order valence-electron chi connectivity index (χ3n) is 20.9. The molecule has 0 nitrogen and oxygen atoms in total. The Labute approximate surface area is 532 Å². The van der Waals surface area contributed by atoms with Crippen LogP contribution in [0.1, 0.15) is 290 Å². The number of fused-ring (bicyclic) bond motifs is 3. The van der Waals surface area contributed by atoms with E-state index >= 15 is 0 Å². The van der Waals surface area contributed by atoms with E-state index in [0.717, 1.165) is 56.3 Å². The van der Waals surface area contributed by atoms with Crippen molar-refractivity contribution in [2.24, 2.45) is 23.7 Å². The Kier molecular flexibility index (Phi) is 24.4. The van der Waals surface area contributed by atoms with Gasteiger partial charge < -0.3 is 0 Å². The van der Waals surface area contributed by atoms with Crippen molar-refractivity contribution in [1.82, 2.24) is 0 Å². The van der Waals surface area contributed by atoms with Gasteiger partial charge in [-0.1, -0.05) is 287 Å². The summed E-state index contributed by atoms with van der Waals surface area (Å²) >= 11 is 0. The molecule has 0 heteroatoms. The zero-order valence-corrected chi connectivity index (χ0v) is 57.4. The third kappa shape index (κ3) is 16.1. The molecule has 0 spiro atoms. The lowest BCUT2D eigenvalue weighted by molar-refractivity contribution is 0.437. The Balaban J connectivity index is 1.31. The lowest BCUT2D eigenvalue weighted by Crippen LogP contribution is -2.30. The van der Waals surface area contributed by atoms with Crippen molar-refractivity contribution in [3.63, 3.8) is 0 Å². The van der Waals surface area contributed by atoms with Gasteiger partial charge in [-0.05, 0) is 242 Å². The van der Waals surface area contributed by atoms with Gasteiger partial charge in [0.25, 0.3) is 0 Å². The first-order valence-electron chi connectivity index (χ1n) is 36.5. The highest BCUT2D eigenvalue weighted by Crippen LogP contribution is 2.58. The highest BCUT2D eigenvalue weighted by molar-refractivity contribution is 6.27. The zero-order chi connectivity index (χ0) is 61.5. The lowest BCUT2D eigenvalue weighted by atomic mass is 9.65. The number of unbranched alkanes of at least 4 members (excludes halogenated alkanes) is 12. The summed E-state index contributed by atoms with van der Waals surface area (Å²) in [4.78, 5) is 0. The molecule has 0 fully saturated rings. The number of aryl methyl sites for hydroxylation is 8. The first-order valence-corrected chi connectivity index (χ1v) is 36.5. The normalized spacial score (nSPS) is 13.7. The lowest BCUT2D eigenvalue weighted by Gasteiger charge is -2.36. The van der Waals surface area contributed by atoms with Gasteiger partial charge in [-0.25, -0.2) is 0 Å². The summed E-state index contributed by atoms with van der Waals surface area (Å²) in [6.45, 7) is 28.8. The van der Waals surface area contributed by atoms with Crippen molar-refractivity contribution in [3.8, 4) is 22.3 Å². The minimum Gasteiger partial charge on any atom is -0.0654 e. The Morgan fingerprint density at radius 1 is 0.322 bits per heavy atom. The van der Waals surface area contributed by atoms with Gasteiger partial charge in [0.2, 0.25) is 0 Å². The quantitative estimate of drug-likeness (QED) is 0.0269. The van der Waals surface area contributed by atoms with E-state index in [0.29, 0.717) is 5.92 Å². The van der Waals surface area contributed by atoms with Crippen LogP contribution in [0.4, 0.5) is 0 Å². The van der Waals surface area contributed by atoms with Crippen LogP contribution in [0.3, 0.4) is 0 Å². The number of hydrogen-bond acceptors (Lipinski definition) is 0. The zero-order valence-electron chi connectivity index (χ0n) is 57.4. The smallest absolute Gasteiger partial charge is 0.0654 e. The van der Waals surface area contributed by atoms with Crippen LogP contribution in [0.2, 0.25) is 0 Å². The van der Waals surface area contributed by atoms with E-state index in [2.05, 4.69) is 192 Å². The van der Waals surface area contributed by atoms with Crippen molar-refractivity contribution in [3.05, 3.63) is 176 Å². The van der Waals surface area contributed by atoms with Crippen molar-refractivity contribution >= 4 is 32.3 Å². The first kappa shape index (κ1) is 66.2. The molecular formula is C87H118. The highest BCUT2D eigenvalue weighted by Gasteiger charge is 2.47. The van der Waals surface area contributed by atoms with E-state index in [1.165, 1.54) is 270 Å². The maximum Gasteiger partial charge on any atom is 0.0714 e.